The van der Waals surface area contributed by atoms with Crippen molar-refractivity contribution >= 4 is 17.8 Å². The first-order valence-electron chi connectivity index (χ1n) is 10.0. The maximum Gasteiger partial charge on any atom is 0.127 e. The number of piperazine rings is 1. The van der Waals surface area contributed by atoms with Crippen molar-refractivity contribution in [1.29, 1.82) is 0 Å². The van der Waals surface area contributed by atoms with Crippen molar-refractivity contribution in [3.63, 3.8) is 0 Å². The van der Waals surface area contributed by atoms with Crippen molar-refractivity contribution in [1.82, 2.24) is 0 Å². The van der Waals surface area contributed by atoms with Crippen LogP contribution in [-0.2, 0) is 0 Å². The highest BCUT2D eigenvalue weighted by Gasteiger charge is 2.20. The third kappa shape index (κ3) is 6.38. The zero-order valence-electron chi connectivity index (χ0n) is 16.7. The third-order valence-electron chi connectivity index (χ3n) is 5.31. The van der Waals surface area contributed by atoms with E-state index in [0.717, 1.165) is 13.1 Å². The number of hydrogen-bond donors (Lipinski definition) is 2. The highest BCUT2D eigenvalue weighted by atomic mass is 15.3. The fraction of sp³-hybridized carbons (Fsp3) is 0.333. The smallest absolute Gasteiger partial charge is 0.127 e. The van der Waals surface area contributed by atoms with Crippen molar-refractivity contribution in [2.24, 2.45) is 0 Å². The van der Waals surface area contributed by atoms with Crippen molar-refractivity contribution < 1.29 is 9.80 Å². The normalized spacial score (nSPS) is 20.4. The van der Waals surface area contributed by atoms with Gasteiger partial charge in [0.25, 0.3) is 0 Å². The second kappa shape index (κ2) is 10.1. The molecule has 0 amide bonds. The van der Waals surface area contributed by atoms with Gasteiger partial charge in [-0.2, -0.15) is 0 Å². The van der Waals surface area contributed by atoms with E-state index in [1.165, 1.54) is 43.0 Å². The molecule has 1 saturated heterocycles. The minimum atomic E-state index is 1.13. The van der Waals surface area contributed by atoms with Gasteiger partial charge in [0.05, 0.1) is 13.1 Å². The molecule has 0 atom stereocenters. The van der Waals surface area contributed by atoms with Crippen molar-refractivity contribution in [2.45, 2.75) is 0 Å². The van der Waals surface area contributed by atoms with E-state index in [1.54, 1.807) is 9.80 Å². The lowest BCUT2D eigenvalue weighted by atomic mass is 10.2. The topological polar surface area (TPSA) is 12.1 Å². The first-order valence-corrected chi connectivity index (χ1v) is 10.0. The Hall–Kier alpha value is -2.36. The SMILES string of the molecule is CN(C)c1ccc(/C=C/C[NH+]2CC[NH+](C/C=C/c3ccccc3)CC2)cc1. The van der Waals surface area contributed by atoms with Gasteiger partial charge in [-0.15, -0.1) is 0 Å². The highest BCUT2D eigenvalue weighted by Crippen LogP contribution is 2.12. The molecule has 2 aromatic carbocycles. The second-order valence-electron chi connectivity index (χ2n) is 7.61. The Morgan fingerprint density at radius 2 is 1.19 bits per heavy atom. The van der Waals surface area contributed by atoms with Crippen LogP contribution in [0.2, 0.25) is 0 Å². The van der Waals surface area contributed by atoms with Crippen LogP contribution in [-0.4, -0.2) is 53.4 Å². The molecular weight excluding hydrogens is 330 g/mol. The zero-order chi connectivity index (χ0) is 18.9. The van der Waals surface area contributed by atoms with E-state index in [0.29, 0.717) is 0 Å². The molecule has 3 nitrogen and oxygen atoms in total. The van der Waals surface area contributed by atoms with Gasteiger partial charge in [-0.25, -0.2) is 0 Å². The monoisotopic (exact) mass is 363 g/mol. The van der Waals surface area contributed by atoms with Crippen LogP contribution in [0.25, 0.3) is 12.2 Å². The van der Waals surface area contributed by atoms with Gasteiger partial charge in [-0.05, 0) is 35.4 Å². The van der Waals surface area contributed by atoms with E-state index in [4.69, 9.17) is 0 Å². The van der Waals surface area contributed by atoms with Crippen LogP contribution < -0.4 is 14.7 Å². The highest BCUT2D eigenvalue weighted by molar-refractivity contribution is 5.55. The van der Waals surface area contributed by atoms with Gasteiger partial charge in [0.2, 0.25) is 0 Å². The molecule has 3 heteroatoms. The lowest BCUT2D eigenvalue weighted by Gasteiger charge is -2.28. The first kappa shape index (κ1) is 19.4. The summed E-state index contributed by atoms with van der Waals surface area (Å²) in [5.41, 5.74) is 3.83. The van der Waals surface area contributed by atoms with Crippen LogP contribution in [0.5, 0.6) is 0 Å². The summed E-state index contributed by atoms with van der Waals surface area (Å²) < 4.78 is 0. The summed E-state index contributed by atoms with van der Waals surface area (Å²) in [6.45, 7) is 7.31. The molecule has 2 N–H and O–H groups in total. The molecule has 0 aromatic heterocycles. The molecule has 0 unspecified atom stereocenters. The van der Waals surface area contributed by atoms with E-state index < -0.39 is 0 Å². The number of nitrogens with one attached hydrogen (secondary N) is 2. The molecule has 142 valence electrons. The second-order valence-corrected chi connectivity index (χ2v) is 7.61. The first-order chi connectivity index (χ1) is 13.2. The summed E-state index contributed by atoms with van der Waals surface area (Å²) in [7, 11) is 4.15. The van der Waals surface area contributed by atoms with Gasteiger partial charge in [0.1, 0.15) is 26.2 Å². The molecule has 0 radical (unpaired) electrons. The maximum atomic E-state index is 2.33. The molecule has 1 heterocycles. The molecule has 1 aliphatic rings. The predicted molar refractivity (Wildman–Crippen MR) is 116 cm³/mol. The summed E-state index contributed by atoms with van der Waals surface area (Å²) >= 11 is 0. The van der Waals surface area contributed by atoms with E-state index in [-0.39, 0.29) is 0 Å². The molecule has 3 rings (SSSR count). The predicted octanol–water partition coefficient (Wildman–Crippen LogP) is 1.26. The number of anilines is 1. The minimum Gasteiger partial charge on any atom is -0.378 e. The summed E-state index contributed by atoms with van der Waals surface area (Å²) in [5.74, 6) is 0. The van der Waals surface area contributed by atoms with Crippen LogP contribution >= 0.6 is 0 Å². The van der Waals surface area contributed by atoms with Crippen LogP contribution in [0.15, 0.2) is 66.7 Å². The van der Waals surface area contributed by atoms with Crippen LogP contribution in [0, 0.1) is 0 Å². The average molecular weight is 364 g/mol. The van der Waals surface area contributed by atoms with Gasteiger partial charge in [0, 0.05) is 19.8 Å². The lowest BCUT2D eigenvalue weighted by molar-refractivity contribution is -1.01. The van der Waals surface area contributed by atoms with Gasteiger partial charge < -0.3 is 14.7 Å². The Morgan fingerprint density at radius 3 is 1.67 bits per heavy atom. The maximum absolute atomic E-state index is 2.33. The van der Waals surface area contributed by atoms with Gasteiger partial charge in [0.15, 0.2) is 0 Å². The number of benzene rings is 2. The van der Waals surface area contributed by atoms with Crippen molar-refractivity contribution in [2.75, 3.05) is 58.3 Å². The van der Waals surface area contributed by atoms with Gasteiger partial charge in [-0.1, -0.05) is 54.6 Å². The summed E-state index contributed by atoms with van der Waals surface area (Å²) in [6, 6.07) is 19.3. The van der Waals surface area contributed by atoms with Crippen LogP contribution in [0.1, 0.15) is 11.1 Å². The minimum absolute atomic E-state index is 1.13. The number of quaternary nitrogens is 2. The molecule has 0 spiro atoms. The molecule has 0 aliphatic carbocycles. The standard InChI is InChI=1S/C24H31N3/c1-25(2)24-14-12-23(13-15-24)11-7-17-27-20-18-26(19-21-27)16-6-10-22-8-4-3-5-9-22/h3-15H,16-21H2,1-2H3/p+2/b10-6+,11-7+. The molecule has 27 heavy (non-hydrogen) atoms. The summed E-state index contributed by atoms with van der Waals surface area (Å²) in [4.78, 5) is 5.54. The Morgan fingerprint density at radius 1 is 0.704 bits per heavy atom. The Kier molecular flexibility index (Phi) is 7.26. The van der Waals surface area contributed by atoms with E-state index in [1.807, 2.05) is 0 Å². The molecule has 1 fully saturated rings. The van der Waals surface area contributed by atoms with Crippen LogP contribution in [0.4, 0.5) is 5.69 Å². The fourth-order valence-corrected chi connectivity index (χ4v) is 3.54. The van der Waals surface area contributed by atoms with Crippen LogP contribution in [0.3, 0.4) is 0 Å². The Labute approximate surface area is 164 Å². The summed E-state index contributed by atoms with van der Waals surface area (Å²) in [6.07, 6.45) is 9.16. The zero-order valence-corrected chi connectivity index (χ0v) is 16.7. The molecule has 0 bridgehead atoms. The molecule has 1 aliphatic heterocycles. The van der Waals surface area contributed by atoms with Crippen molar-refractivity contribution in [3.8, 4) is 0 Å². The Balaban J connectivity index is 1.37. The fourth-order valence-electron chi connectivity index (χ4n) is 3.54. The number of nitrogens with zero attached hydrogens (tertiary/aromatic N) is 1. The van der Waals surface area contributed by atoms with Crippen molar-refractivity contribution in [3.05, 3.63) is 77.9 Å². The Bertz CT molecular complexity index is 724. The number of rotatable bonds is 7. The van der Waals surface area contributed by atoms with E-state index in [2.05, 4.69) is 97.9 Å². The lowest BCUT2D eigenvalue weighted by Crippen LogP contribution is -3.28. The third-order valence-corrected chi connectivity index (χ3v) is 5.31. The summed E-state index contributed by atoms with van der Waals surface area (Å²) in [5, 5.41) is 0. The molecule has 2 aromatic rings. The van der Waals surface area contributed by atoms with E-state index in [9.17, 15) is 0 Å². The largest absolute Gasteiger partial charge is 0.378 e. The quantitative estimate of drug-likeness (QED) is 0.755. The van der Waals surface area contributed by atoms with E-state index >= 15 is 0 Å². The average Bonchev–Trinajstić information content (AvgIpc) is 2.70. The number of hydrogen-bond acceptors (Lipinski definition) is 1. The molecular formula is C24H33N3+2. The van der Waals surface area contributed by atoms with Gasteiger partial charge >= 0.3 is 0 Å². The molecule has 0 saturated carbocycles. The van der Waals surface area contributed by atoms with Gasteiger partial charge in [-0.3, -0.25) is 0 Å².